The molecule has 0 bridgehead atoms. The molecule has 0 atom stereocenters. The zero-order valence-electron chi connectivity index (χ0n) is 16.3. The van der Waals surface area contributed by atoms with Crippen LogP contribution in [0, 0.1) is 20.2 Å². The van der Waals surface area contributed by atoms with E-state index in [-0.39, 0.29) is 0 Å². The molecule has 2 N–H and O–H groups in total. The number of halogens is 6. The van der Waals surface area contributed by atoms with E-state index < -0.39 is 78.5 Å². The van der Waals surface area contributed by atoms with Crippen molar-refractivity contribution in [2.45, 2.75) is 12.4 Å². The third-order valence-corrected chi connectivity index (χ3v) is 4.72. The fourth-order valence-corrected chi connectivity index (χ4v) is 3.45. The predicted octanol–water partition coefficient (Wildman–Crippen LogP) is 6.29. The minimum absolute atomic E-state index is 0.416. The molecule has 0 unspecified atom stereocenters. The lowest BCUT2D eigenvalue weighted by atomic mass is 9.91. The Morgan fingerprint density at radius 1 is 0.647 bits per heavy atom. The SMILES string of the molecule is O=[N+]([O-])c1ccc(O)c(-c2cccc(-c3c(O)ccc([N+](=O)[O-])c3C(F)(F)F)c2)c1C(F)(F)F. The van der Waals surface area contributed by atoms with E-state index >= 15 is 0 Å². The van der Waals surface area contributed by atoms with Crippen LogP contribution in [0.3, 0.4) is 0 Å². The molecule has 0 heterocycles. The summed E-state index contributed by atoms with van der Waals surface area (Å²) in [6.07, 6.45) is -10.7. The van der Waals surface area contributed by atoms with Crippen LogP contribution in [0.1, 0.15) is 11.1 Å². The molecule has 34 heavy (non-hydrogen) atoms. The summed E-state index contributed by atoms with van der Waals surface area (Å²) >= 11 is 0. The second-order valence-electron chi connectivity index (χ2n) is 6.80. The summed E-state index contributed by atoms with van der Waals surface area (Å²) in [7, 11) is 0. The number of rotatable bonds is 4. The van der Waals surface area contributed by atoms with Crippen LogP contribution in [0.5, 0.6) is 11.5 Å². The molecule has 3 rings (SSSR count). The summed E-state index contributed by atoms with van der Waals surface area (Å²) in [4.78, 5) is 19.6. The van der Waals surface area contributed by atoms with Crippen LogP contribution in [0.2, 0.25) is 0 Å². The van der Waals surface area contributed by atoms with E-state index in [0.29, 0.717) is 30.3 Å². The summed E-state index contributed by atoms with van der Waals surface area (Å²) in [5.41, 5.74) is -9.91. The van der Waals surface area contributed by atoms with Gasteiger partial charge in [-0.05, 0) is 29.3 Å². The predicted molar refractivity (Wildman–Crippen MR) is 104 cm³/mol. The van der Waals surface area contributed by atoms with E-state index in [1.54, 1.807) is 0 Å². The number of phenols is 2. The third kappa shape index (κ3) is 4.29. The molecular weight excluding hydrogens is 478 g/mol. The van der Waals surface area contributed by atoms with Crippen molar-refractivity contribution < 1.29 is 46.4 Å². The molecular formula is C20H10F6N2O6. The van der Waals surface area contributed by atoms with Crippen molar-refractivity contribution in [3.8, 4) is 33.8 Å². The van der Waals surface area contributed by atoms with Crippen molar-refractivity contribution in [2.75, 3.05) is 0 Å². The molecule has 3 aromatic carbocycles. The lowest BCUT2D eigenvalue weighted by molar-refractivity contribution is -0.388. The maximum Gasteiger partial charge on any atom is 0.423 e. The minimum Gasteiger partial charge on any atom is -0.507 e. The number of nitro groups is 2. The Morgan fingerprint density at radius 2 is 1.00 bits per heavy atom. The van der Waals surface area contributed by atoms with Gasteiger partial charge in [0.2, 0.25) is 0 Å². The highest BCUT2D eigenvalue weighted by atomic mass is 19.4. The number of hydrogen-bond donors (Lipinski definition) is 2. The first-order valence-electron chi connectivity index (χ1n) is 8.90. The van der Waals surface area contributed by atoms with Gasteiger partial charge in [0, 0.05) is 23.3 Å². The molecule has 0 radical (unpaired) electrons. The van der Waals surface area contributed by atoms with Crippen LogP contribution in [0.25, 0.3) is 22.3 Å². The topological polar surface area (TPSA) is 127 Å². The normalized spacial score (nSPS) is 11.9. The van der Waals surface area contributed by atoms with Gasteiger partial charge < -0.3 is 10.2 Å². The third-order valence-electron chi connectivity index (χ3n) is 4.72. The maximum absolute atomic E-state index is 13.7. The van der Waals surface area contributed by atoms with E-state index in [0.717, 1.165) is 18.2 Å². The number of alkyl halides is 6. The second kappa shape index (κ2) is 8.20. The van der Waals surface area contributed by atoms with Crippen LogP contribution in [0.15, 0.2) is 48.5 Å². The fraction of sp³-hybridized carbons (Fsp3) is 0.100. The first-order chi connectivity index (χ1) is 15.6. The Balaban J connectivity index is 2.41. The molecule has 8 nitrogen and oxygen atoms in total. The van der Waals surface area contributed by atoms with Crippen molar-refractivity contribution in [3.63, 3.8) is 0 Å². The van der Waals surface area contributed by atoms with Crippen molar-refractivity contribution >= 4 is 11.4 Å². The van der Waals surface area contributed by atoms with Crippen LogP contribution < -0.4 is 0 Å². The van der Waals surface area contributed by atoms with Crippen LogP contribution in [-0.4, -0.2) is 20.1 Å². The molecule has 0 spiro atoms. The van der Waals surface area contributed by atoms with Crippen molar-refractivity contribution in [2.24, 2.45) is 0 Å². The molecule has 0 saturated carbocycles. The Morgan fingerprint density at radius 3 is 1.29 bits per heavy atom. The Labute approximate surface area is 184 Å². The Kier molecular flexibility index (Phi) is 5.86. The average molecular weight is 488 g/mol. The van der Waals surface area contributed by atoms with Gasteiger partial charge in [0.05, 0.1) is 9.85 Å². The van der Waals surface area contributed by atoms with Crippen LogP contribution in [-0.2, 0) is 12.4 Å². The van der Waals surface area contributed by atoms with Crippen LogP contribution >= 0.6 is 0 Å². The van der Waals surface area contributed by atoms with E-state index in [4.69, 9.17) is 0 Å². The first-order valence-corrected chi connectivity index (χ1v) is 8.90. The molecule has 0 amide bonds. The van der Waals surface area contributed by atoms with E-state index in [9.17, 15) is 56.8 Å². The summed E-state index contributed by atoms with van der Waals surface area (Å²) in [6, 6.07) is 5.56. The van der Waals surface area contributed by atoms with Crippen molar-refractivity contribution in [1.82, 2.24) is 0 Å². The largest absolute Gasteiger partial charge is 0.507 e. The highest BCUT2D eigenvalue weighted by molar-refractivity contribution is 5.85. The molecule has 0 fully saturated rings. The number of phenolic OH excluding ortho intramolecular Hbond substituents is 2. The first kappa shape index (κ1) is 24.3. The van der Waals surface area contributed by atoms with Gasteiger partial charge in [0.15, 0.2) is 0 Å². The standard InChI is InChI=1S/C20H10F6N2O6/c21-19(22,23)17-11(27(31)32)4-6-13(29)15(17)9-2-1-3-10(8-9)16-14(30)7-5-12(28(33)34)18(16)20(24,25)26/h1-8,29-30H. The number of hydrogen-bond acceptors (Lipinski definition) is 6. The van der Waals surface area contributed by atoms with E-state index in [1.165, 1.54) is 0 Å². The van der Waals surface area contributed by atoms with Gasteiger partial charge in [-0.15, -0.1) is 0 Å². The molecule has 3 aromatic rings. The summed E-state index contributed by atoms with van der Waals surface area (Å²) in [5.74, 6) is -2.12. The maximum atomic E-state index is 13.7. The highest BCUT2D eigenvalue weighted by Crippen LogP contribution is 2.50. The van der Waals surface area contributed by atoms with Gasteiger partial charge in [-0.3, -0.25) is 20.2 Å². The lowest BCUT2D eigenvalue weighted by Crippen LogP contribution is -2.12. The molecule has 0 aliphatic heterocycles. The minimum atomic E-state index is -5.35. The van der Waals surface area contributed by atoms with E-state index in [2.05, 4.69) is 0 Å². The second-order valence-corrected chi connectivity index (χ2v) is 6.80. The van der Waals surface area contributed by atoms with Gasteiger partial charge in [0.1, 0.15) is 22.6 Å². The molecule has 0 aliphatic carbocycles. The quantitative estimate of drug-likeness (QED) is 0.253. The van der Waals surface area contributed by atoms with Gasteiger partial charge in [-0.2, -0.15) is 26.3 Å². The monoisotopic (exact) mass is 488 g/mol. The number of aromatic hydroxyl groups is 2. The molecule has 0 aliphatic rings. The average Bonchev–Trinajstić information content (AvgIpc) is 2.71. The fourth-order valence-electron chi connectivity index (χ4n) is 3.45. The summed E-state index contributed by atoms with van der Waals surface area (Å²) in [5, 5.41) is 42.5. The van der Waals surface area contributed by atoms with Crippen molar-refractivity contribution in [1.29, 1.82) is 0 Å². The van der Waals surface area contributed by atoms with Gasteiger partial charge in [-0.25, -0.2) is 0 Å². The zero-order chi connectivity index (χ0) is 25.6. The summed E-state index contributed by atoms with van der Waals surface area (Å²) < 4.78 is 82.2. The zero-order valence-corrected chi connectivity index (χ0v) is 16.3. The van der Waals surface area contributed by atoms with Crippen molar-refractivity contribution in [3.05, 3.63) is 79.9 Å². The van der Waals surface area contributed by atoms with Gasteiger partial charge in [-0.1, -0.05) is 18.2 Å². The van der Waals surface area contributed by atoms with Gasteiger partial charge in [0.25, 0.3) is 11.4 Å². The highest BCUT2D eigenvalue weighted by Gasteiger charge is 2.44. The molecule has 0 saturated heterocycles. The Bertz CT molecular complexity index is 1220. The number of benzene rings is 3. The van der Waals surface area contributed by atoms with Gasteiger partial charge >= 0.3 is 12.4 Å². The number of nitro benzene ring substituents is 2. The molecule has 0 aromatic heterocycles. The molecule has 178 valence electrons. The lowest BCUT2D eigenvalue weighted by Gasteiger charge is -2.17. The molecule has 14 heteroatoms. The Hall–Kier alpha value is -4.36. The number of nitrogens with zero attached hydrogens (tertiary/aromatic N) is 2. The van der Waals surface area contributed by atoms with Crippen LogP contribution in [0.4, 0.5) is 37.7 Å². The summed E-state index contributed by atoms with van der Waals surface area (Å²) in [6.45, 7) is 0. The smallest absolute Gasteiger partial charge is 0.423 e. The van der Waals surface area contributed by atoms with E-state index in [1.807, 2.05) is 0 Å².